The van der Waals surface area contributed by atoms with Gasteiger partial charge in [-0.3, -0.25) is 0 Å². The van der Waals surface area contributed by atoms with Crippen LogP contribution >= 0.6 is 0 Å². The van der Waals surface area contributed by atoms with Gasteiger partial charge in [0.25, 0.3) is 0 Å². The van der Waals surface area contributed by atoms with E-state index in [-0.39, 0.29) is 5.56 Å². The predicted molar refractivity (Wildman–Crippen MR) is 67.1 cm³/mol. The Balaban J connectivity index is 1.98. The molecule has 1 aliphatic heterocycles. The Labute approximate surface area is 107 Å². The first kappa shape index (κ1) is 13.1. The van der Waals surface area contributed by atoms with Crippen molar-refractivity contribution in [1.82, 2.24) is 10.4 Å². The lowest BCUT2D eigenvalue weighted by atomic mass is 10.00. The number of hydrazine groups is 1. The quantitative estimate of drug-likeness (QED) is 0.860. The van der Waals surface area contributed by atoms with E-state index in [9.17, 15) is 4.79 Å². The number of carboxylic acids is 1. The van der Waals surface area contributed by atoms with Crippen LogP contribution in [0.5, 0.6) is 0 Å². The maximum absolute atomic E-state index is 11.0. The molecule has 1 aromatic rings. The summed E-state index contributed by atoms with van der Waals surface area (Å²) in [4.78, 5) is 11.0. The lowest BCUT2D eigenvalue weighted by Crippen LogP contribution is -2.51. The van der Waals surface area contributed by atoms with Gasteiger partial charge >= 0.3 is 5.97 Å². The predicted octanol–water partition coefficient (Wildman–Crippen LogP) is 2.25. The van der Waals surface area contributed by atoms with Crippen molar-refractivity contribution in [3.05, 3.63) is 23.7 Å². The van der Waals surface area contributed by atoms with E-state index < -0.39 is 5.97 Å². The van der Waals surface area contributed by atoms with Crippen LogP contribution in [0.2, 0.25) is 0 Å². The molecule has 100 valence electrons. The second-order valence-electron chi connectivity index (χ2n) is 4.93. The minimum Gasteiger partial charge on any atom is -0.478 e. The molecule has 0 radical (unpaired) electrons. The van der Waals surface area contributed by atoms with Gasteiger partial charge in [0.2, 0.25) is 0 Å². The number of hydrogen-bond donors (Lipinski definition) is 2. The topological polar surface area (TPSA) is 65.7 Å². The summed E-state index contributed by atoms with van der Waals surface area (Å²) in [5.74, 6) is -0.465. The van der Waals surface area contributed by atoms with Gasteiger partial charge in [-0.15, -0.1) is 0 Å². The molecular weight excluding hydrogens is 232 g/mol. The van der Waals surface area contributed by atoms with Gasteiger partial charge in [-0.2, -0.15) is 0 Å². The SMILES string of the molecule is CC1CCCC(C)N1NCc1occc1C(=O)O. The molecule has 2 unspecified atom stereocenters. The largest absolute Gasteiger partial charge is 0.478 e. The van der Waals surface area contributed by atoms with Crippen LogP contribution in [0.15, 0.2) is 16.7 Å². The molecule has 2 N–H and O–H groups in total. The van der Waals surface area contributed by atoms with Crippen molar-refractivity contribution in [2.24, 2.45) is 0 Å². The average molecular weight is 252 g/mol. The highest BCUT2D eigenvalue weighted by molar-refractivity contribution is 5.88. The van der Waals surface area contributed by atoms with E-state index in [1.807, 2.05) is 0 Å². The summed E-state index contributed by atoms with van der Waals surface area (Å²) in [7, 11) is 0. The molecule has 0 aromatic carbocycles. The van der Waals surface area contributed by atoms with Crippen molar-refractivity contribution < 1.29 is 14.3 Å². The van der Waals surface area contributed by atoms with Crippen molar-refractivity contribution in [3.63, 3.8) is 0 Å². The first-order chi connectivity index (χ1) is 8.59. The van der Waals surface area contributed by atoms with Crippen molar-refractivity contribution >= 4 is 5.97 Å². The van der Waals surface area contributed by atoms with E-state index in [2.05, 4.69) is 24.3 Å². The number of nitrogens with one attached hydrogen (secondary N) is 1. The number of furan rings is 1. The van der Waals surface area contributed by atoms with E-state index in [1.165, 1.54) is 31.6 Å². The molecule has 5 nitrogen and oxygen atoms in total. The summed E-state index contributed by atoms with van der Waals surface area (Å²) < 4.78 is 5.22. The zero-order chi connectivity index (χ0) is 13.1. The number of nitrogens with zero attached hydrogens (tertiary/aromatic N) is 1. The molecule has 0 aliphatic carbocycles. The standard InChI is InChI=1S/C13H20N2O3/c1-9-4-3-5-10(2)15(9)14-8-12-11(13(16)17)6-7-18-12/h6-7,9-10,14H,3-5,8H2,1-2H3,(H,16,17). The number of aromatic carboxylic acids is 1. The highest BCUT2D eigenvalue weighted by Crippen LogP contribution is 2.21. The van der Waals surface area contributed by atoms with Crippen LogP contribution in [-0.2, 0) is 6.54 Å². The molecule has 0 bridgehead atoms. The number of carbonyl (C=O) groups is 1. The summed E-state index contributed by atoms with van der Waals surface area (Å²) in [6, 6.07) is 2.43. The first-order valence-electron chi connectivity index (χ1n) is 6.41. The van der Waals surface area contributed by atoms with E-state index in [4.69, 9.17) is 9.52 Å². The molecule has 1 fully saturated rings. The summed E-state index contributed by atoms with van der Waals surface area (Å²) in [6.07, 6.45) is 5.01. The third kappa shape index (κ3) is 2.73. The van der Waals surface area contributed by atoms with Gasteiger partial charge in [-0.25, -0.2) is 15.2 Å². The smallest absolute Gasteiger partial charge is 0.339 e. The van der Waals surface area contributed by atoms with Crippen LogP contribution < -0.4 is 5.43 Å². The second kappa shape index (κ2) is 5.54. The molecule has 2 heterocycles. The van der Waals surface area contributed by atoms with E-state index in [1.54, 1.807) is 0 Å². The molecule has 0 saturated carbocycles. The number of piperidine rings is 1. The van der Waals surface area contributed by atoms with Crippen LogP contribution in [0.1, 0.15) is 49.2 Å². The maximum Gasteiger partial charge on any atom is 0.339 e. The van der Waals surface area contributed by atoms with Gasteiger partial charge in [0.1, 0.15) is 11.3 Å². The van der Waals surface area contributed by atoms with Crippen LogP contribution in [0.3, 0.4) is 0 Å². The lowest BCUT2D eigenvalue weighted by Gasteiger charge is -2.38. The number of carboxylic acid groups (broad SMARTS) is 1. The molecular formula is C13H20N2O3. The Kier molecular flexibility index (Phi) is 4.04. The summed E-state index contributed by atoms with van der Waals surface area (Å²) in [6.45, 7) is 4.79. The molecule has 2 rings (SSSR count). The highest BCUT2D eigenvalue weighted by atomic mass is 16.4. The minimum absolute atomic E-state index is 0.236. The average Bonchev–Trinajstić information content (AvgIpc) is 2.76. The fourth-order valence-corrected chi connectivity index (χ4v) is 2.56. The van der Waals surface area contributed by atoms with Crippen LogP contribution in [0, 0.1) is 0 Å². The van der Waals surface area contributed by atoms with Gasteiger partial charge < -0.3 is 9.52 Å². The molecule has 1 saturated heterocycles. The molecule has 0 amide bonds. The van der Waals surface area contributed by atoms with E-state index >= 15 is 0 Å². The van der Waals surface area contributed by atoms with Gasteiger partial charge in [-0.05, 0) is 32.8 Å². The van der Waals surface area contributed by atoms with Gasteiger partial charge in [-0.1, -0.05) is 6.42 Å². The van der Waals surface area contributed by atoms with E-state index in [0.29, 0.717) is 24.4 Å². The van der Waals surface area contributed by atoms with Crippen molar-refractivity contribution in [3.8, 4) is 0 Å². The van der Waals surface area contributed by atoms with Gasteiger partial charge in [0.05, 0.1) is 12.8 Å². The monoisotopic (exact) mass is 252 g/mol. The Morgan fingerprint density at radius 2 is 2.17 bits per heavy atom. The van der Waals surface area contributed by atoms with Crippen LogP contribution in [0.25, 0.3) is 0 Å². The molecule has 1 aliphatic rings. The molecule has 1 aromatic heterocycles. The normalized spacial score (nSPS) is 25.2. The van der Waals surface area contributed by atoms with Crippen LogP contribution in [-0.4, -0.2) is 28.2 Å². The third-order valence-electron chi connectivity index (χ3n) is 3.59. The second-order valence-corrected chi connectivity index (χ2v) is 4.93. The van der Waals surface area contributed by atoms with Crippen molar-refractivity contribution in [2.45, 2.75) is 51.7 Å². The molecule has 2 atom stereocenters. The molecule has 5 heteroatoms. The Morgan fingerprint density at radius 1 is 1.50 bits per heavy atom. The van der Waals surface area contributed by atoms with E-state index in [0.717, 1.165) is 0 Å². The van der Waals surface area contributed by atoms with Crippen molar-refractivity contribution in [2.75, 3.05) is 0 Å². The summed E-state index contributed by atoms with van der Waals surface area (Å²) in [5.41, 5.74) is 3.53. The molecule has 0 spiro atoms. The molecule has 18 heavy (non-hydrogen) atoms. The lowest BCUT2D eigenvalue weighted by molar-refractivity contribution is 0.0408. The number of rotatable bonds is 4. The Hall–Kier alpha value is -1.33. The minimum atomic E-state index is -0.944. The Morgan fingerprint density at radius 3 is 2.78 bits per heavy atom. The van der Waals surface area contributed by atoms with Gasteiger partial charge in [0.15, 0.2) is 0 Å². The van der Waals surface area contributed by atoms with Crippen molar-refractivity contribution in [1.29, 1.82) is 0 Å². The van der Waals surface area contributed by atoms with Crippen LogP contribution in [0.4, 0.5) is 0 Å². The third-order valence-corrected chi connectivity index (χ3v) is 3.59. The zero-order valence-corrected chi connectivity index (χ0v) is 10.8. The fourth-order valence-electron chi connectivity index (χ4n) is 2.56. The number of hydrogen-bond acceptors (Lipinski definition) is 4. The summed E-state index contributed by atoms with van der Waals surface area (Å²) in [5, 5.41) is 11.2. The zero-order valence-electron chi connectivity index (χ0n) is 10.8. The van der Waals surface area contributed by atoms with Gasteiger partial charge in [0, 0.05) is 12.1 Å². The highest BCUT2D eigenvalue weighted by Gasteiger charge is 2.25. The summed E-state index contributed by atoms with van der Waals surface area (Å²) >= 11 is 0. The Bertz CT molecular complexity index is 406. The fraction of sp³-hybridized carbons (Fsp3) is 0.615. The first-order valence-corrected chi connectivity index (χ1v) is 6.41. The maximum atomic E-state index is 11.0.